The molecule has 1 aliphatic rings. The number of nitriles is 1. The van der Waals surface area contributed by atoms with E-state index < -0.39 is 15.8 Å². The summed E-state index contributed by atoms with van der Waals surface area (Å²) in [5.41, 5.74) is 2.71. The largest absolute Gasteiger partial charge is 0.494 e. The molecule has 3 aromatic rings. The normalized spacial score (nSPS) is 16.3. The summed E-state index contributed by atoms with van der Waals surface area (Å²) in [5.74, 6) is 0.303. The van der Waals surface area contributed by atoms with Crippen LogP contribution in [0.1, 0.15) is 24.8 Å². The first kappa shape index (κ1) is 23.9. The fraction of sp³-hybridized carbons (Fsp3) is 0.269. The van der Waals surface area contributed by atoms with Crippen LogP contribution in [0.2, 0.25) is 0 Å². The molecule has 0 radical (unpaired) electrons. The highest BCUT2D eigenvalue weighted by molar-refractivity contribution is 7.89. The third kappa shape index (κ3) is 6.00. The minimum Gasteiger partial charge on any atom is -0.494 e. The van der Waals surface area contributed by atoms with Gasteiger partial charge in [0, 0.05) is 6.54 Å². The molecule has 0 spiro atoms. The molecule has 1 aliphatic heterocycles. The Labute approximate surface area is 199 Å². The zero-order valence-corrected chi connectivity index (χ0v) is 19.5. The van der Waals surface area contributed by atoms with Gasteiger partial charge in [-0.2, -0.15) is 9.98 Å². The van der Waals surface area contributed by atoms with Gasteiger partial charge in [0.05, 0.1) is 29.3 Å². The predicted octanol–water partition coefficient (Wildman–Crippen LogP) is 4.53. The van der Waals surface area contributed by atoms with E-state index in [1.165, 1.54) is 12.1 Å². The summed E-state index contributed by atoms with van der Waals surface area (Å²) >= 11 is 0. The first-order chi connectivity index (χ1) is 16.4. The van der Waals surface area contributed by atoms with E-state index in [-0.39, 0.29) is 11.1 Å². The van der Waals surface area contributed by atoms with Crippen LogP contribution >= 0.6 is 0 Å². The summed E-state index contributed by atoms with van der Waals surface area (Å²) in [6, 6.07) is 22.2. The Kier molecular flexibility index (Phi) is 7.58. The maximum absolute atomic E-state index is 13.1. The quantitative estimate of drug-likeness (QED) is 0.456. The molecule has 1 unspecified atom stereocenters. The standard InChI is InChI=1S/C26H26FN3O3S/c27-23-10-14-25(15-11-23)34(31,32)29-26-3-1-16-30(26)17-2-18-33-24-12-8-22(9-13-24)21-6-4-20(19-28)5-7-21/h4-15,26,29H,1-3,16-18H2. The number of sulfonamides is 1. The number of nitrogens with one attached hydrogen (secondary N) is 1. The molecular weight excluding hydrogens is 453 g/mol. The Morgan fingerprint density at radius 1 is 1.00 bits per heavy atom. The zero-order chi connectivity index (χ0) is 24.0. The van der Waals surface area contributed by atoms with Crippen molar-refractivity contribution in [1.82, 2.24) is 9.62 Å². The molecule has 1 fully saturated rings. The van der Waals surface area contributed by atoms with Crippen LogP contribution < -0.4 is 9.46 Å². The molecule has 34 heavy (non-hydrogen) atoms. The lowest BCUT2D eigenvalue weighted by molar-refractivity contribution is 0.214. The number of halogens is 1. The van der Waals surface area contributed by atoms with Crippen molar-refractivity contribution in [2.75, 3.05) is 19.7 Å². The number of rotatable bonds is 9. The van der Waals surface area contributed by atoms with Crippen molar-refractivity contribution in [3.05, 3.63) is 84.2 Å². The second kappa shape index (κ2) is 10.8. The summed E-state index contributed by atoms with van der Waals surface area (Å²) < 4.78 is 47.0. The average molecular weight is 480 g/mol. The van der Waals surface area contributed by atoms with Gasteiger partial charge in [0.2, 0.25) is 10.0 Å². The van der Waals surface area contributed by atoms with Crippen molar-refractivity contribution in [3.8, 4) is 22.9 Å². The first-order valence-electron chi connectivity index (χ1n) is 11.2. The summed E-state index contributed by atoms with van der Waals surface area (Å²) in [6.45, 7) is 2.04. The molecule has 8 heteroatoms. The van der Waals surface area contributed by atoms with Gasteiger partial charge in [-0.3, -0.25) is 4.90 Å². The van der Waals surface area contributed by atoms with Gasteiger partial charge < -0.3 is 4.74 Å². The third-order valence-electron chi connectivity index (χ3n) is 5.84. The van der Waals surface area contributed by atoms with Crippen LogP contribution in [-0.4, -0.2) is 39.2 Å². The number of benzene rings is 3. The van der Waals surface area contributed by atoms with Gasteiger partial charge in [-0.1, -0.05) is 24.3 Å². The molecule has 0 aromatic heterocycles. The molecule has 4 rings (SSSR count). The van der Waals surface area contributed by atoms with E-state index in [0.717, 1.165) is 54.8 Å². The van der Waals surface area contributed by atoms with Crippen LogP contribution in [0.3, 0.4) is 0 Å². The van der Waals surface area contributed by atoms with Crippen molar-refractivity contribution in [3.63, 3.8) is 0 Å². The summed E-state index contributed by atoms with van der Waals surface area (Å²) in [4.78, 5) is 2.17. The van der Waals surface area contributed by atoms with E-state index >= 15 is 0 Å². The van der Waals surface area contributed by atoms with Gasteiger partial charge in [-0.15, -0.1) is 0 Å². The van der Waals surface area contributed by atoms with E-state index in [2.05, 4.69) is 15.7 Å². The van der Waals surface area contributed by atoms with Crippen molar-refractivity contribution >= 4 is 10.0 Å². The molecule has 176 valence electrons. The van der Waals surface area contributed by atoms with Crippen molar-refractivity contribution in [1.29, 1.82) is 5.26 Å². The van der Waals surface area contributed by atoms with Gasteiger partial charge in [-0.25, -0.2) is 12.8 Å². The molecule has 1 atom stereocenters. The Morgan fingerprint density at radius 2 is 1.65 bits per heavy atom. The molecule has 1 N–H and O–H groups in total. The van der Waals surface area contributed by atoms with Crippen LogP contribution in [0.4, 0.5) is 4.39 Å². The van der Waals surface area contributed by atoms with Crippen molar-refractivity contribution < 1.29 is 17.5 Å². The fourth-order valence-corrected chi connectivity index (χ4v) is 5.28. The maximum Gasteiger partial charge on any atom is 0.241 e. The van der Waals surface area contributed by atoms with Crippen LogP contribution in [0.15, 0.2) is 77.7 Å². The highest BCUT2D eigenvalue weighted by Gasteiger charge is 2.28. The Hall–Kier alpha value is -3.25. The first-order valence-corrected chi connectivity index (χ1v) is 12.7. The van der Waals surface area contributed by atoms with Gasteiger partial charge in [0.25, 0.3) is 0 Å². The number of hydrogen-bond acceptors (Lipinski definition) is 5. The highest BCUT2D eigenvalue weighted by Crippen LogP contribution is 2.23. The van der Waals surface area contributed by atoms with E-state index in [1.54, 1.807) is 12.1 Å². The molecular formula is C26H26FN3O3S. The predicted molar refractivity (Wildman–Crippen MR) is 128 cm³/mol. The Balaban J connectivity index is 1.25. The van der Waals surface area contributed by atoms with Crippen molar-refractivity contribution in [2.45, 2.75) is 30.3 Å². The van der Waals surface area contributed by atoms with Crippen LogP contribution in [0.5, 0.6) is 5.75 Å². The molecule has 0 saturated carbocycles. The molecule has 1 saturated heterocycles. The van der Waals surface area contributed by atoms with E-state index in [4.69, 9.17) is 10.00 Å². The Bertz CT molecular complexity index is 1240. The minimum atomic E-state index is -3.70. The van der Waals surface area contributed by atoms with E-state index in [1.807, 2.05) is 36.4 Å². The number of nitrogens with zero attached hydrogens (tertiary/aromatic N) is 2. The third-order valence-corrected chi connectivity index (χ3v) is 7.31. The highest BCUT2D eigenvalue weighted by atomic mass is 32.2. The van der Waals surface area contributed by atoms with Gasteiger partial charge in [-0.05, 0) is 85.5 Å². The summed E-state index contributed by atoms with van der Waals surface area (Å²) in [6.07, 6.45) is 2.13. The molecule has 0 bridgehead atoms. The molecule has 3 aromatic carbocycles. The second-order valence-corrected chi connectivity index (χ2v) is 9.90. The smallest absolute Gasteiger partial charge is 0.241 e. The molecule has 1 heterocycles. The molecule has 0 amide bonds. The number of hydrogen-bond donors (Lipinski definition) is 1. The fourth-order valence-electron chi connectivity index (χ4n) is 4.03. The monoisotopic (exact) mass is 479 g/mol. The van der Waals surface area contributed by atoms with Gasteiger partial charge >= 0.3 is 0 Å². The molecule has 6 nitrogen and oxygen atoms in total. The summed E-state index contributed by atoms with van der Waals surface area (Å²) in [7, 11) is -3.70. The van der Waals surface area contributed by atoms with Gasteiger partial charge in [0.15, 0.2) is 0 Å². The lowest BCUT2D eigenvalue weighted by Gasteiger charge is -2.25. The maximum atomic E-state index is 13.1. The van der Waals surface area contributed by atoms with Gasteiger partial charge in [0.1, 0.15) is 11.6 Å². The van der Waals surface area contributed by atoms with Crippen LogP contribution in [0.25, 0.3) is 11.1 Å². The Morgan fingerprint density at radius 3 is 2.29 bits per heavy atom. The lowest BCUT2D eigenvalue weighted by Crippen LogP contribution is -2.44. The molecule has 0 aliphatic carbocycles. The lowest BCUT2D eigenvalue weighted by atomic mass is 10.0. The SMILES string of the molecule is N#Cc1ccc(-c2ccc(OCCCN3CCCC3NS(=O)(=O)c3ccc(F)cc3)cc2)cc1. The van der Waals surface area contributed by atoms with Crippen LogP contribution in [0, 0.1) is 17.1 Å². The van der Waals surface area contributed by atoms with E-state index in [9.17, 15) is 12.8 Å². The van der Waals surface area contributed by atoms with Crippen molar-refractivity contribution in [2.24, 2.45) is 0 Å². The minimum absolute atomic E-state index is 0.0635. The topological polar surface area (TPSA) is 82.4 Å². The average Bonchev–Trinajstić information content (AvgIpc) is 3.28. The number of ether oxygens (including phenoxy) is 1. The number of likely N-dealkylation sites (tertiary alicyclic amines) is 1. The van der Waals surface area contributed by atoms with Crippen LogP contribution in [-0.2, 0) is 10.0 Å². The zero-order valence-electron chi connectivity index (χ0n) is 18.7. The summed E-state index contributed by atoms with van der Waals surface area (Å²) in [5, 5.41) is 8.92. The second-order valence-electron chi connectivity index (χ2n) is 8.18. The van der Waals surface area contributed by atoms with E-state index in [0.29, 0.717) is 18.7 Å².